The molecule has 0 aliphatic heterocycles. The number of hydrogen-bond donors (Lipinski definition) is 2. The zero-order valence-electron chi connectivity index (χ0n) is 11.0. The summed E-state index contributed by atoms with van der Waals surface area (Å²) in [5.74, 6) is 5.65. The van der Waals surface area contributed by atoms with Crippen LogP contribution in [0.3, 0.4) is 0 Å². The van der Waals surface area contributed by atoms with Gasteiger partial charge in [0, 0.05) is 12.8 Å². The molecule has 1 aromatic carbocycles. The van der Waals surface area contributed by atoms with Crippen molar-refractivity contribution in [2.24, 2.45) is 0 Å². The summed E-state index contributed by atoms with van der Waals surface area (Å²) in [4.78, 5) is 0. The molecule has 0 radical (unpaired) electrons. The monoisotopic (exact) mass is 246 g/mol. The normalized spacial score (nSPS) is 13.5. The SMILES string of the molecule is CCCCC(O)CC#CC(O)Cc1ccccc1. The quantitative estimate of drug-likeness (QED) is 0.757. The summed E-state index contributed by atoms with van der Waals surface area (Å²) in [7, 11) is 0. The summed E-state index contributed by atoms with van der Waals surface area (Å²) < 4.78 is 0. The van der Waals surface area contributed by atoms with Gasteiger partial charge in [-0.15, -0.1) is 0 Å². The van der Waals surface area contributed by atoms with Crippen molar-refractivity contribution in [3.8, 4) is 11.8 Å². The maximum absolute atomic E-state index is 9.74. The highest BCUT2D eigenvalue weighted by Crippen LogP contribution is 2.04. The lowest BCUT2D eigenvalue weighted by Gasteiger charge is -2.05. The second-order valence-corrected chi connectivity index (χ2v) is 4.53. The second-order valence-electron chi connectivity index (χ2n) is 4.53. The van der Waals surface area contributed by atoms with Gasteiger partial charge in [0.2, 0.25) is 0 Å². The molecule has 0 aliphatic rings. The van der Waals surface area contributed by atoms with Gasteiger partial charge in [-0.2, -0.15) is 0 Å². The standard InChI is InChI=1S/C16H22O2/c1-2-3-10-15(17)11-7-12-16(18)13-14-8-5-4-6-9-14/h4-6,8-9,15-18H,2-3,10-11,13H2,1H3. The van der Waals surface area contributed by atoms with Gasteiger partial charge in [0.15, 0.2) is 0 Å². The Morgan fingerprint density at radius 1 is 1.17 bits per heavy atom. The molecule has 98 valence electrons. The van der Waals surface area contributed by atoms with E-state index in [0.29, 0.717) is 12.8 Å². The van der Waals surface area contributed by atoms with E-state index in [4.69, 9.17) is 0 Å². The predicted molar refractivity (Wildman–Crippen MR) is 74.1 cm³/mol. The van der Waals surface area contributed by atoms with Crippen LogP contribution in [0.1, 0.15) is 38.2 Å². The molecule has 0 spiro atoms. The minimum Gasteiger partial charge on any atom is -0.392 e. The topological polar surface area (TPSA) is 40.5 Å². The number of hydrogen-bond acceptors (Lipinski definition) is 2. The molecule has 1 aromatic rings. The highest BCUT2D eigenvalue weighted by molar-refractivity contribution is 5.18. The largest absolute Gasteiger partial charge is 0.392 e. The summed E-state index contributed by atoms with van der Waals surface area (Å²) in [5.41, 5.74) is 1.07. The van der Waals surface area contributed by atoms with Crippen molar-refractivity contribution in [3.63, 3.8) is 0 Å². The van der Waals surface area contributed by atoms with E-state index in [-0.39, 0.29) is 6.10 Å². The van der Waals surface area contributed by atoms with Crippen molar-refractivity contribution in [1.29, 1.82) is 0 Å². The fourth-order valence-corrected chi connectivity index (χ4v) is 1.72. The molecule has 0 heterocycles. The highest BCUT2D eigenvalue weighted by Gasteiger charge is 2.02. The van der Waals surface area contributed by atoms with Crippen molar-refractivity contribution >= 4 is 0 Å². The molecule has 18 heavy (non-hydrogen) atoms. The maximum Gasteiger partial charge on any atom is 0.118 e. The Kier molecular flexibility index (Phi) is 7.17. The third-order valence-corrected chi connectivity index (χ3v) is 2.77. The van der Waals surface area contributed by atoms with Gasteiger partial charge < -0.3 is 10.2 Å². The molecule has 2 heteroatoms. The van der Waals surface area contributed by atoms with E-state index in [1.165, 1.54) is 0 Å². The van der Waals surface area contributed by atoms with Crippen LogP contribution >= 0.6 is 0 Å². The van der Waals surface area contributed by atoms with Crippen LogP contribution in [0.15, 0.2) is 30.3 Å². The van der Waals surface area contributed by atoms with E-state index in [0.717, 1.165) is 24.8 Å². The summed E-state index contributed by atoms with van der Waals surface area (Å²) in [5, 5.41) is 19.3. The fraction of sp³-hybridized carbons (Fsp3) is 0.500. The van der Waals surface area contributed by atoms with Crippen molar-refractivity contribution in [3.05, 3.63) is 35.9 Å². The van der Waals surface area contributed by atoms with Crippen molar-refractivity contribution < 1.29 is 10.2 Å². The molecular weight excluding hydrogens is 224 g/mol. The second kappa shape index (κ2) is 8.74. The molecule has 0 saturated heterocycles. The lowest BCUT2D eigenvalue weighted by atomic mass is 10.1. The molecule has 0 saturated carbocycles. The zero-order valence-corrected chi connectivity index (χ0v) is 11.0. The third-order valence-electron chi connectivity index (χ3n) is 2.77. The molecule has 0 fully saturated rings. The van der Waals surface area contributed by atoms with Gasteiger partial charge in [0.05, 0.1) is 6.10 Å². The summed E-state index contributed by atoms with van der Waals surface area (Å²) in [6.45, 7) is 2.10. The Bertz CT molecular complexity index is 375. The van der Waals surface area contributed by atoms with E-state index in [2.05, 4.69) is 18.8 Å². The number of aliphatic hydroxyl groups excluding tert-OH is 2. The molecule has 2 atom stereocenters. The number of aliphatic hydroxyl groups is 2. The molecule has 0 amide bonds. The van der Waals surface area contributed by atoms with Gasteiger partial charge in [0.25, 0.3) is 0 Å². The maximum atomic E-state index is 9.74. The Hall–Kier alpha value is -1.30. The van der Waals surface area contributed by atoms with E-state index >= 15 is 0 Å². The first-order valence-electron chi connectivity index (χ1n) is 6.60. The molecule has 2 nitrogen and oxygen atoms in total. The minimum absolute atomic E-state index is 0.360. The molecule has 0 aliphatic carbocycles. The van der Waals surface area contributed by atoms with E-state index < -0.39 is 6.10 Å². The predicted octanol–water partition coefficient (Wildman–Crippen LogP) is 2.53. The molecular formula is C16H22O2. The third kappa shape index (κ3) is 6.44. The highest BCUT2D eigenvalue weighted by atomic mass is 16.3. The molecule has 0 bridgehead atoms. The van der Waals surface area contributed by atoms with E-state index in [1.54, 1.807) is 0 Å². The molecule has 2 unspecified atom stereocenters. The van der Waals surface area contributed by atoms with Crippen molar-refractivity contribution in [1.82, 2.24) is 0 Å². The van der Waals surface area contributed by atoms with Gasteiger partial charge in [0.1, 0.15) is 6.10 Å². The van der Waals surface area contributed by atoms with Crippen LogP contribution in [-0.4, -0.2) is 22.4 Å². The fourth-order valence-electron chi connectivity index (χ4n) is 1.72. The lowest BCUT2D eigenvalue weighted by Crippen LogP contribution is -2.08. The van der Waals surface area contributed by atoms with Crippen LogP contribution in [0.25, 0.3) is 0 Å². The number of benzene rings is 1. The van der Waals surface area contributed by atoms with Gasteiger partial charge in [-0.25, -0.2) is 0 Å². The van der Waals surface area contributed by atoms with Crippen LogP contribution in [0.5, 0.6) is 0 Å². The number of unbranched alkanes of at least 4 members (excludes halogenated alkanes) is 1. The van der Waals surface area contributed by atoms with Crippen molar-refractivity contribution in [2.45, 2.75) is 51.2 Å². The molecule has 1 rings (SSSR count). The zero-order chi connectivity index (χ0) is 13.2. The summed E-state index contributed by atoms with van der Waals surface area (Å²) in [6, 6.07) is 9.79. The Labute approximate surface area is 110 Å². The van der Waals surface area contributed by atoms with Crippen LogP contribution in [-0.2, 0) is 6.42 Å². The van der Waals surface area contributed by atoms with Crippen LogP contribution < -0.4 is 0 Å². The minimum atomic E-state index is -0.647. The Morgan fingerprint density at radius 2 is 1.89 bits per heavy atom. The smallest absolute Gasteiger partial charge is 0.118 e. The Morgan fingerprint density at radius 3 is 2.56 bits per heavy atom. The summed E-state index contributed by atoms with van der Waals surface area (Å²) in [6.07, 6.45) is 2.88. The van der Waals surface area contributed by atoms with Crippen molar-refractivity contribution in [2.75, 3.05) is 0 Å². The first-order valence-corrected chi connectivity index (χ1v) is 6.60. The Balaban J connectivity index is 2.30. The average Bonchev–Trinajstić information content (AvgIpc) is 2.37. The van der Waals surface area contributed by atoms with Gasteiger partial charge in [-0.05, 0) is 12.0 Å². The van der Waals surface area contributed by atoms with E-state index in [1.807, 2.05) is 30.3 Å². The van der Waals surface area contributed by atoms with E-state index in [9.17, 15) is 10.2 Å². The molecule has 2 N–H and O–H groups in total. The van der Waals surface area contributed by atoms with Crippen LogP contribution in [0.2, 0.25) is 0 Å². The number of rotatable bonds is 6. The molecule has 0 aromatic heterocycles. The lowest BCUT2D eigenvalue weighted by molar-refractivity contribution is 0.166. The first kappa shape index (κ1) is 14.8. The van der Waals surface area contributed by atoms with Crippen LogP contribution in [0, 0.1) is 11.8 Å². The first-order chi connectivity index (χ1) is 8.72. The van der Waals surface area contributed by atoms with Gasteiger partial charge >= 0.3 is 0 Å². The van der Waals surface area contributed by atoms with Crippen LogP contribution in [0.4, 0.5) is 0 Å². The average molecular weight is 246 g/mol. The van der Waals surface area contributed by atoms with Gasteiger partial charge in [-0.3, -0.25) is 0 Å². The van der Waals surface area contributed by atoms with Gasteiger partial charge in [-0.1, -0.05) is 61.9 Å². The summed E-state index contributed by atoms with van der Waals surface area (Å²) >= 11 is 0.